The number of benzene rings is 1. The summed E-state index contributed by atoms with van der Waals surface area (Å²) < 4.78 is 79.8. The molecule has 0 spiro atoms. The number of amidine groups is 1. The molecule has 0 bridgehead atoms. The number of ether oxygens (including phenoxy) is 1. The number of carbonyl (C=O) groups is 2. The highest BCUT2D eigenvalue weighted by Crippen LogP contribution is 2.37. The van der Waals surface area contributed by atoms with E-state index in [1.165, 1.54) is 0 Å². The van der Waals surface area contributed by atoms with E-state index in [1.807, 2.05) is 0 Å². The van der Waals surface area contributed by atoms with E-state index in [2.05, 4.69) is 20.3 Å². The second-order valence-electron chi connectivity index (χ2n) is 5.50. The van der Waals surface area contributed by atoms with Crippen LogP contribution in [0.4, 0.5) is 26.3 Å². The minimum atomic E-state index is -4.93. The molecule has 2 rings (SSSR count). The van der Waals surface area contributed by atoms with Gasteiger partial charge in [-0.25, -0.2) is 0 Å². The molecule has 158 valence electrons. The normalized spacial score (nSPS) is 19.0. The molecule has 0 radical (unpaired) electrons. The van der Waals surface area contributed by atoms with Crippen molar-refractivity contribution in [1.29, 1.82) is 0 Å². The molecular formula is C15H11F6N3O4S. The Kier molecular flexibility index (Phi) is 6.77. The van der Waals surface area contributed by atoms with Gasteiger partial charge in [0.1, 0.15) is 11.0 Å². The summed E-state index contributed by atoms with van der Waals surface area (Å²) in [5.74, 6) is -2.82. The molecular weight excluding hydrogens is 432 g/mol. The molecule has 1 aliphatic rings. The Morgan fingerprint density at radius 1 is 1.28 bits per heavy atom. The summed E-state index contributed by atoms with van der Waals surface area (Å²) in [5, 5.41) is 17.1. The van der Waals surface area contributed by atoms with Crippen molar-refractivity contribution in [3.63, 3.8) is 0 Å². The van der Waals surface area contributed by atoms with Gasteiger partial charge in [-0.1, -0.05) is 17.8 Å². The number of nitrogens with one attached hydrogen (secondary N) is 1. The highest BCUT2D eigenvalue weighted by atomic mass is 32.2. The number of aliphatic carboxylic acids is 1. The molecule has 0 aliphatic carbocycles. The van der Waals surface area contributed by atoms with Crippen molar-refractivity contribution in [2.24, 2.45) is 10.2 Å². The number of carbonyl (C=O) groups excluding carboxylic acids is 1. The highest BCUT2D eigenvalue weighted by molar-refractivity contribution is 8.15. The Balaban J connectivity index is 2.16. The monoisotopic (exact) mass is 443 g/mol. The van der Waals surface area contributed by atoms with Gasteiger partial charge in [0, 0.05) is 0 Å². The summed E-state index contributed by atoms with van der Waals surface area (Å²) >= 11 is 0.798. The van der Waals surface area contributed by atoms with Crippen LogP contribution in [0.2, 0.25) is 0 Å². The first-order chi connectivity index (χ1) is 13.3. The summed E-state index contributed by atoms with van der Waals surface area (Å²) in [6.45, 7) is -1.91. The van der Waals surface area contributed by atoms with Gasteiger partial charge in [0.05, 0.1) is 18.2 Å². The molecule has 7 nitrogen and oxygen atoms in total. The Morgan fingerprint density at radius 2 is 1.97 bits per heavy atom. The number of hydrogen-bond acceptors (Lipinski definition) is 6. The van der Waals surface area contributed by atoms with Crippen molar-refractivity contribution < 1.29 is 45.8 Å². The van der Waals surface area contributed by atoms with Crippen LogP contribution in [0.15, 0.2) is 28.4 Å². The maximum Gasteiger partial charge on any atom is 0.422 e. The quantitative estimate of drug-likeness (QED) is 0.400. The maximum absolute atomic E-state index is 12.9. The molecule has 2 N–H and O–H groups in total. The predicted octanol–water partition coefficient (Wildman–Crippen LogP) is 3.04. The summed E-state index contributed by atoms with van der Waals surface area (Å²) in [4.78, 5) is 22.2. The SMILES string of the molecule is O=C(O)CC1SC(=NN=Cc2ccc(C(F)(F)F)c(OCC(F)(F)F)c2)NC1=O. The van der Waals surface area contributed by atoms with Crippen LogP contribution in [0.3, 0.4) is 0 Å². The molecule has 1 atom stereocenters. The maximum atomic E-state index is 12.9. The molecule has 1 saturated heterocycles. The Hall–Kier alpha value is -2.77. The highest BCUT2D eigenvalue weighted by Gasteiger charge is 2.36. The van der Waals surface area contributed by atoms with Crippen LogP contribution in [0.25, 0.3) is 0 Å². The second-order valence-corrected chi connectivity index (χ2v) is 6.69. The summed E-state index contributed by atoms with van der Waals surface area (Å²) in [5.41, 5.74) is -1.43. The van der Waals surface area contributed by atoms with Gasteiger partial charge in [-0.15, -0.1) is 5.10 Å². The van der Waals surface area contributed by atoms with E-state index in [0.29, 0.717) is 12.1 Å². The lowest BCUT2D eigenvalue weighted by atomic mass is 10.1. The first kappa shape index (κ1) is 22.5. The van der Waals surface area contributed by atoms with E-state index < -0.39 is 53.8 Å². The molecule has 0 aromatic heterocycles. The Labute approximate surface area is 162 Å². The van der Waals surface area contributed by atoms with Crippen LogP contribution in [-0.4, -0.2) is 46.4 Å². The number of amides is 1. The van der Waals surface area contributed by atoms with Crippen molar-refractivity contribution in [3.8, 4) is 5.75 Å². The molecule has 1 aromatic carbocycles. The number of carboxylic acid groups (broad SMARTS) is 1. The number of hydrogen-bond donors (Lipinski definition) is 2. The van der Waals surface area contributed by atoms with E-state index in [9.17, 15) is 35.9 Å². The van der Waals surface area contributed by atoms with Gasteiger partial charge in [-0.2, -0.15) is 31.4 Å². The third-order valence-electron chi connectivity index (χ3n) is 3.19. The Morgan fingerprint density at radius 3 is 2.55 bits per heavy atom. The van der Waals surface area contributed by atoms with Crippen LogP contribution in [0.1, 0.15) is 17.5 Å². The molecule has 14 heteroatoms. The van der Waals surface area contributed by atoms with Crippen molar-refractivity contribution in [2.45, 2.75) is 24.0 Å². The van der Waals surface area contributed by atoms with Gasteiger partial charge in [-0.05, 0) is 17.7 Å². The van der Waals surface area contributed by atoms with Crippen LogP contribution in [0, 0.1) is 0 Å². The van der Waals surface area contributed by atoms with E-state index in [0.717, 1.165) is 24.0 Å². The largest absolute Gasteiger partial charge is 0.483 e. The topological polar surface area (TPSA) is 100 Å². The molecule has 1 aromatic rings. The van der Waals surface area contributed by atoms with Crippen LogP contribution in [0.5, 0.6) is 5.75 Å². The minimum Gasteiger partial charge on any atom is -0.483 e. The lowest BCUT2D eigenvalue weighted by Crippen LogP contribution is -2.26. The van der Waals surface area contributed by atoms with E-state index in [4.69, 9.17) is 5.11 Å². The minimum absolute atomic E-state index is 0.0297. The number of thioether (sulfide) groups is 1. The second kappa shape index (κ2) is 8.71. The zero-order valence-corrected chi connectivity index (χ0v) is 14.9. The van der Waals surface area contributed by atoms with Gasteiger partial charge in [-0.3, -0.25) is 9.59 Å². The molecule has 1 unspecified atom stereocenters. The molecule has 1 fully saturated rings. The molecule has 0 saturated carbocycles. The van der Waals surface area contributed by atoms with Gasteiger partial charge >= 0.3 is 18.3 Å². The molecule has 1 amide bonds. The van der Waals surface area contributed by atoms with E-state index >= 15 is 0 Å². The molecule has 29 heavy (non-hydrogen) atoms. The van der Waals surface area contributed by atoms with Crippen LogP contribution < -0.4 is 10.1 Å². The van der Waals surface area contributed by atoms with Crippen molar-refractivity contribution in [1.82, 2.24) is 5.32 Å². The van der Waals surface area contributed by atoms with Gasteiger partial charge in [0.15, 0.2) is 11.8 Å². The smallest absolute Gasteiger partial charge is 0.422 e. The van der Waals surface area contributed by atoms with Crippen molar-refractivity contribution >= 4 is 35.0 Å². The number of halogens is 6. The third kappa shape index (κ3) is 6.96. The lowest BCUT2D eigenvalue weighted by Gasteiger charge is -2.15. The standard InChI is InChI=1S/C15H11F6N3O4S/c16-14(17,18)6-28-9-3-7(1-2-8(9)15(19,20)21)5-22-24-13-23-12(27)10(29-13)4-11(25)26/h1-3,5,10H,4,6H2,(H,25,26)(H,23,24,27). The fraction of sp³-hybridized carbons (Fsp3) is 0.333. The number of alkyl halides is 6. The molecule has 1 heterocycles. The number of rotatable bonds is 6. The fourth-order valence-corrected chi connectivity index (χ4v) is 2.94. The third-order valence-corrected chi connectivity index (χ3v) is 4.27. The fourth-order valence-electron chi connectivity index (χ4n) is 2.03. The first-order valence-corrected chi connectivity index (χ1v) is 8.44. The lowest BCUT2D eigenvalue weighted by molar-refractivity contribution is -0.158. The van der Waals surface area contributed by atoms with Crippen molar-refractivity contribution in [3.05, 3.63) is 29.3 Å². The number of nitrogens with zero attached hydrogens (tertiary/aromatic N) is 2. The Bertz CT molecular complexity index is 853. The molecule has 1 aliphatic heterocycles. The summed E-state index contributed by atoms with van der Waals surface area (Å²) in [7, 11) is 0. The van der Waals surface area contributed by atoms with Crippen LogP contribution in [-0.2, 0) is 15.8 Å². The first-order valence-electron chi connectivity index (χ1n) is 7.56. The van der Waals surface area contributed by atoms with Gasteiger partial charge in [0.25, 0.3) is 0 Å². The summed E-state index contributed by atoms with van der Waals surface area (Å²) in [6, 6.07) is 2.20. The van der Waals surface area contributed by atoms with Gasteiger partial charge in [0.2, 0.25) is 5.91 Å². The van der Waals surface area contributed by atoms with Crippen LogP contribution >= 0.6 is 11.8 Å². The average Bonchev–Trinajstić information content (AvgIpc) is 2.90. The van der Waals surface area contributed by atoms with Gasteiger partial charge < -0.3 is 15.2 Å². The zero-order chi connectivity index (χ0) is 21.8. The zero-order valence-electron chi connectivity index (χ0n) is 14.0. The predicted molar refractivity (Wildman–Crippen MR) is 89.8 cm³/mol. The average molecular weight is 443 g/mol. The van der Waals surface area contributed by atoms with E-state index in [1.54, 1.807) is 0 Å². The summed E-state index contributed by atoms with van der Waals surface area (Å²) in [6.07, 6.45) is -9.27. The number of carboxylic acids is 1. The van der Waals surface area contributed by atoms with E-state index in [-0.39, 0.29) is 10.7 Å². The van der Waals surface area contributed by atoms with Crippen molar-refractivity contribution in [2.75, 3.05) is 6.61 Å².